The molecule has 10 heteroatoms. The number of morpholine rings is 1. The van der Waals surface area contributed by atoms with Gasteiger partial charge < -0.3 is 19.7 Å². The van der Waals surface area contributed by atoms with Crippen molar-refractivity contribution in [2.75, 3.05) is 43.6 Å². The Morgan fingerprint density at radius 1 is 1.19 bits per heavy atom. The Morgan fingerprint density at radius 2 is 1.90 bits per heavy atom. The Hall–Kier alpha value is -2.42. The summed E-state index contributed by atoms with van der Waals surface area (Å²) in [4.78, 5) is 14.4. The van der Waals surface area contributed by atoms with Crippen LogP contribution in [0.25, 0.3) is 6.08 Å². The van der Waals surface area contributed by atoms with Gasteiger partial charge >= 0.3 is 6.18 Å². The van der Waals surface area contributed by atoms with Crippen molar-refractivity contribution in [1.82, 2.24) is 0 Å². The van der Waals surface area contributed by atoms with Crippen LogP contribution in [0.1, 0.15) is 11.1 Å². The van der Waals surface area contributed by atoms with Crippen LogP contribution in [-0.2, 0) is 15.7 Å². The van der Waals surface area contributed by atoms with E-state index in [1.807, 2.05) is 4.90 Å². The number of rotatable bonds is 5. The first-order valence-electron chi connectivity index (χ1n) is 9.25. The summed E-state index contributed by atoms with van der Waals surface area (Å²) < 4.78 is 50.1. The van der Waals surface area contributed by atoms with Gasteiger partial charge in [-0.1, -0.05) is 23.2 Å². The molecule has 0 atom stereocenters. The number of alkyl halides is 3. The molecule has 1 heterocycles. The molecule has 1 N–H and O–H groups in total. The van der Waals surface area contributed by atoms with Crippen molar-refractivity contribution in [3.05, 3.63) is 57.6 Å². The van der Waals surface area contributed by atoms with Crippen LogP contribution in [-0.4, -0.2) is 39.3 Å². The lowest BCUT2D eigenvalue weighted by atomic mass is 10.1. The van der Waals surface area contributed by atoms with Crippen molar-refractivity contribution in [3.8, 4) is 5.75 Å². The maximum Gasteiger partial charge on any atom is 0.416 e. The van der Waals surface area contributed by atoms with Crippen molar-refractivity contribution in [1.29, 1.82) is 0 Å². The first-order valence-corrected chi connectivity index (χ1v) is 10.0. The molecule has 0 unspecified atom stereocenters. The molecule has 0 saturated carbocycles. The second kappa shape index (κ2) is 9.80. The molecule has 0 radical (unpaired) electrons. The highest BCUT2D eigenvalue weighted by atomic mass is 35.5. The van der Waals surface area contributed by atoms with E-state index in [9.17, 15) is 18.0 Å². The standard InChI is InChI=1S/C21H19Cl2F3N2O3/c1-30-20-13(10-15(22)12-16(20)23)2-5-19(29)27-17-11-14(21(24,25)26)3-4-18(17)28-6-8-31-9-7-28/h2-5,10-12H,6-9H2,1H3,(H,27,29). The van der Waals surface area contributed by atoms with Gasteiger partial charge in [0.1, 0.15) is 5.75 Å². The number of benzene rings is 2. The third-order valence-corrected chi connectivity index (χ3v) is 5.09. The van der Waals surface area contributed by atoms with Crippen molar-refractivity contribution < 1.29 is 27.4 Å². The van der Waals surface area contributed by atoms with Crippen molar-refractivity contribution in [3.63, 3.8) is 0 Å². The number of methoxy groups -OCH3 is 1. The third-order valence-electron chi connectivity index (χ3n) is 4.59. The van der Waals surface area contributed by atoms with Crippen molar-refractivity contribution in [2.24, 2.45) is 0 Å². The van der Waals surface area contributed by atoms with E-state index in [1.54, 1.807) is 6.07 Å². The molecule has 5 nitrogen and oxygen atoms in total. The van der Waals surface area contributed by atoms with Crippen molar-refractivity contribution in [2.45, 2.75) is 6.18 Å². The van der Waals surface area contributed by atoms with E-state index >= 15 is 0 Å². The van der Waals surface area contributed by atoms with Gasteiger partial charge in [0.05, 0.1) is 42.3 Å². The van der Waals surface area contributed by atoms with Crippen LogP contribution in [0, 0.1) is 0 Å². The number of halogens is 5. The molecule has 0 aliphatic carbocycles. The number of carbonyl (C=O) groups excluding carboxylic acids is 1. The minimum atomic E-state index is -4.54. The second-order valence-electron chi connectivity index (χ2n) is 6.66. The lowest BCUT2D eigenvalue weighted by Gasteiger charge is -2.30. The van der Waals surface area contributed by atoms with Crippen LogP contribution < -0.4 is 15.0 Å². The fourth-order valence-electron chi connectivity index (χ4n) is 3.15. The van der Waals surface area contributed by atoms with Crippen LogP contribution in [0.2, 0.25) is 10.0 Å². The highest BCUT2D eigenvalue weighted by Crippen LogP contribution is 2.36. The minimum absolute atomic E-state index is 0.0578. The van der Waals surface area contributed by atoms with E-state index in [0.717, 1.165) is 12.1 Å². The van der Waals surface area contributed by atoms with Crippen LogP contribution in [0.3, 0.4) is 0 Å². The highest BCUT2D eigenvalue weighted by Gasteiger charge is 2.31. The summed E-state index contributed by atoms with van der Waals surface area (Å²) in [6.45, 7) is 1.90. The quantitative estimate of drug-likeness (QED) is 0.580. The first-order chi connectivity index (χ1) is 14.7. The largest absolute Gasteiger partial charge is 0.495 e. The molecule has 3 rings (SSSR count). The Balaban J connectivity index is 1.88. The van der Waals surface area contributed by atoms with Crippen molar-refractivity contribution >= 4 is 46.6 Å². The third kappa shape index (κ3) is 5.84. The van der Waals surface area contributed by atoms with E-state index in [2.05, 4.69) is 5.32 Å². The molecule has 1 fully saturated rings. The van der Waals surface area contributed by atoms with Crippen LogP contribution in [0.4, 0.5) is 24.5 Å². The number of carbonyl (C=O) groups is 1. The second-order valence-corrected chi connectivity index (χ2v) is 7.51. The van der Waals surface area contributed by atoms with Crippen LogP contribution in [0.15, 0.2) is 36.4 Å². The summed E-state index contributed by atoms with van der Waals surface area (Å²) in [5.41, 5.74) is 0.142. The lowest BCUT2D eigenvalue weighted by Crippen LogP contribution is -2.36. The Bertz CT molecular complexity index is 991. The zero-order valence-corrected chi connectivity index (χ0v) is 17.9. The number of nitrogens with one attached hydrogen (secondary N) is 1. The zero-order chi connectivity index (χ0) is 22.6. The first kappa shape index (κ1) is 23.2. The lowest BCUT2D eigenvalue weighted by molar-refractivity contribution is -0.137. The smallest absolute Gasteiger partial charge is 0.416 e. The van der Waals surface area contributed by atoms with E-state index in [4.69, 9.17) is 32.7 Å². The summed E-state index contributed by atoms with van der Waals surface area (Å²) in [6.07, 6.45) is -1.94. The Morgan fingerprint density at radius 3 is 2.55 bits per heavy atom. The maximum absolute atomic E-state index is 13.2. The van der Waals surface area contributed by atoms with Crippen LogP contribution >= 0.6 is 23.2 Å². The molecule has 0 bridgehead atoms. The molecule has 1 amide bonds. The molecule has 2 aromatic carbocycles. The van der Waals surface area contributed by atoms with Gasteiger partial charge in [0.25, 0.3) is 0 Å². The molecule has 1 aliphatic rings. The molecular weight excluding hydrogens is 456 g/mol. The number of nitrogens with zero attached hydrogens (tertiary/aromatic N) is 1. The van der Waals surface area contributed by atoms with Gasteiger partial charge in [0.15, 0.2) is 0 Å². The number of amides is 1. The van der Waals surface area contributed by atoms with E-state index in [-0.39, 0.29) is 10.7 Å². The fourth-order valence-corrected chi connectivity index (χ4v) is 3.74. The average molecular weight is 475 g/mol. The minimum Gasteiger partial charge on any atom is -0.495 e. The molecule has 166 valence electrons. The van der Waals surface area contributed by atoms with Gasteiger partial charge in [-0.15, -0.1) is 0 Å². The fraction of sp³-hybridized carbons (Fsp3) is 0.286. The van der Waals surface area contributed by atoms with Crippen LogP contribution in [0.5, 0.6) is 5.75 Å². The monoisotopic (exact) mass is 474 g/mol. The van der Waals surface area contributed by atoms with Gasteiger partial charge in [-0.2, -0.15) is 13.2 Å². The highest BCUT2D eigenvalue weighted by molar-refractivity contribution is 6.36. The summed E-state index contributed by atoms with van der Waals surface area (Å²) in [5, 5.41) is 3.15. The molecule has 1 saturated heterocycles. The maximum atomic E-state index is 13.2. The summed E-state index contributed by atoms with van der Waals surface area (Å²) in [6, 6.07) is 6.33. The van der Waals surface area contributed by atoms with E-state index in [0.29, 0.717) is 48.3 Å². The normalized spacial score (nSPS) is 14.7. The number of hydrogen-bond donors (Lipinski definition) is 1. The van der Waals surface area contributed by atoms with E-state index < -0.39 is 17.6 Å². The number of anilines is 2. The number of hydrogen-bond acceptors (Lipinski definition) is 4. The van der Waals surface area contributed by atoms with Gasteiger partial charge in [0.2, 0.25) is 5.91 Å². The predicted octanol–water partition coefficient (Wildman–Crippen LogP) is 5.51. The molecular formula is C21H19Cl2F3N2O3. The SMILES string of the molecule is COc1c(Cl)cc(Cl)cc1C=CC(=O)Nc1cc(C(F)(F)F)ccc1N1CCOCC1. The molecule has 2 aromatic rings. The van der Waals surface area contributed by atoms with Gasteiger partial charge in [-0.3, -0.25) is 4.79 Å². The zero-order valence-electron chi connectivity index (χ0n) is 16.4. The summed E-state index contributed by atoms with van der Waals surface area (Å²) >= 11 is 12.1. The Labute approximate surface area is 187 Å². The molecule has 0 spiro atoms. The summed E-state index contributed by atoms with van der Waals surface area (Å²) in [7, 11) is 1.42. The number of ether oxygens (including phenoxy) is 2. The predicted molar refractivity (Wildman–Crippen MR) is 115 cm³/mol. The van der Waals surface area contributed by atoms with Gasteiger partial charge in [0, 0.05) is 29.8 Å². The van der Waals surface area contributed by atoms with Gasteiger partial charge in [-0.25, -0.2) is 0 Å². The Kier molecular flexibility index (Phi) is 7.35. The summed E-state index contributed by atoms with van der Waals surface area (Å²) in [5.74, 6) is -0.296. The molecule has 31 heavy (non-hydrogen) atoms. The molecule has 0 aromatic heterocycles. The average Bonchev–Trinajstić information content (AvgIpc) is 2.72. The van der Waals surface area contributed by atoms with Gasteiger partial charge in [-0.05, 0) is 36.4 Å². The van der Waals surface area contributed by atoms with E-state index in [1.165, 1.54) is 31.4 Å². The topological polar surface area (TPSA) is 50.8 Å². The molecule has 1 aliphatic heterocycles.